The second-order valence-electron chi connectivity index (χ2n) is 6.84. The Bertz CT molecular complexity index is 1270. The molecule has 5 aromatic rings. The van der Waals surface area contributed by atoms with Crippen molar-refractivity contribution in [3.05, 3.63) is 72.4 Å². The number of benzene rings is 2. The van der Waals surface area contributed by atoms with E-state index in [0.29, 0.717) is 5.65 Å². The van der Waals surface area contributed by atoms with E-state index in [1.807, 2.05) is 6.07 Å². The van der Waals surface area contributed by atoms with Gasteiger partial charge in [0.05, 0.1) is 18.5 Å². The maximum absolute atomic E-state index is 5.55. The summed E-state index contributed by atoms with van der Waals surface area (Å²) in [6.07, 6.45) is 5.94. The number of nitrogens with one attached hydrogen (secondary N) is 2. The van der Waals surface area contributed by atoms with Gasteiger partial charge in [-0.05, 0) is 35.7 Å². The Kier molecular flexibility index (Phi) is 2.90. The van der Waals surface area contributed by atoms with Gasteiger partial charge in [-0.2, -0.15) is 0 Å². The number of hydrogen-bond donors (Lipinski definition) is 2. The largest absolute Gasteiger partial charge is 0.464 e. The van der Waals surface area contributed by atoms with E-state index in [2.05, 4.69) is 61.7 Å². The van der Waals surface area contributed by atoms with Crippen LogP contribution in [0.25, 0.3) is 33.5 Å². The predicted octanol–water partition coefficient (Wildman–Crippen LogP) is 4.48. The molecule has 1 aliphatic rings. The van der Waals surface area contributed by atoms with Gasteiger partial charge in [0.25, 0.3) is 0 Å². The average molecular weight is 353 g/mol. The molecule has 6 rings (SSSR count). The van der Waals surface area contributed by atoms with Crippen molar-refractivity contribution in [2.45, 2.75) is 12.5 Å². The molecular formula is C21H15N5O. The van der Waals surface area contributed by atoms with E-state index in [0.717, 1.165) is 40.0 Å². The maximum atomic E-state index is 5.55. The molecule has 6 heteroatoms. The Morgan fingerprint density at radius 3 is 3.04 bits per heavy atom. The summed E-state index contributed by atoms with van der Waals surface area (Å²) in [5.74, 6) is 0.801. The zero-order chi connectivity index (χ0) is 17.8. The Hall–Kier alpha value is -3.67. The number of rotatable bonds is 2. The fourth-order valence-electron chi connectivity index (χ4n) is 3.78. The lowest BCUT2D eigenvalue weighted by Gasteiger charge is -2.11. The SMILES string of the molecule is c1ncc2[nH]c(-c3ccc4c(c3)NC(c3ccc5ccoc5c3)C4)nc2n1. The summed E-state index contributed by atoms with van der Waals surface area (Å²) in [6, 6.07) is 15.0. The molecule has 0 saturated heterocycles. The van der Waals surface area contributed by atoms with Crippen LogP contribution in [0, 0.1) is 0 Å². The molecule has 6 nitrogen and oxygen atoms in total. The lowest BCUT2D eigenvalue weighted by Crippen LogP contribution is -2.05. The first-order chi connectivity index (χ1) is 13.3. The summed E-state index contributed by atoms with van der Waals surface area (Å²) in [4.78, 5) is 16.1. The zero-order valence-corrected chi connectivity index (χ0v) is 14.3. The van der Waals surface area contributed by atoms with Gasteiger partial charge in [0.1, 0.15) is 23.3 Å². The number of H-pyrrole nitrogens is 1. The molecule has 2 N–H and O–H groups in total. The van der Waals surface area contributed by atoms with E-state index in [1.54, 1.807) is 12.5 Å². The van der Waals surface area contributed by atoms with Gasteiger partial charge >= 0.3 is 0 Å². The van der Waals surface area contributed by atoms with Crippen molar-refractivity contribution in [3.8, 4) is 11.4 Å². The van der Waals surface area contributed by atoms with Crippen LogP contribution in [0.1, 0.15) is 17.2 Å². The second-order valence-corrected chi connectivity index (χ2v) is 6.84. The molecule has 27 heavy (non-hydrogen) atoms. The molecule has 3 aromatic heterocycles. The van der Waals surface area contributed by atoms with Crippen LogP contribution in [0.4, 0.5) is 5.69 Å². The van der Waals surface area contributed by atoms with Gasteiger partial charge in [0.15, 0.2) is 5.65 Å². The van der Waals surface area contributed by atoms with Crippen molar-refractivity contribution >= 4 is 27.8 Å². The fourth-order valence-corrected chi connectivity index (χ4v) is 3.78. The van der Waals surface area contributed by atoms with E-state index in [4.69, 9.17) is 4.42 Å². The summed E-state index contributed by atoms with van der Waals surface area (Å²) in [7, 11) is 0. The van der Waals surface area contributed by atoms with Gasteiger partial charge in [-0.25, -0.2) is 15.0 Å². The van der Waals surface area contributed by atoms with Crippen molar-refractivity contribution < 1.29 is 4.42 Å². The number of imidazole rings is 1. The van der Waals surface area contributed by atoms with Crippen LogP contribution >= 0.6 is 0 Å². The van der Waals surface area contributed by atoms with Gasteiger partial charge in [-0.3, -0.25) is 0 Å². The summed E-state index contributed by atoms with van der Waals surface area (Å²) in [6.45, 7) is 0. The minimum absolute atomic E-state index is 0.242. The van der Waals surface area contributed by atoms with E-state index in [-0.39, 0.29) is 6.04 Å². The standard InChI is InChI=1S/C21H15N5O/c1-2-14(9-19-12(1)5-6-27-19)16-7-13-3-4-15(8-17(13)24-16)20-25-18-10-22-11-23-21(18)26-20/h1-6,8-11,16,24H,7H2,(H,22,23,25,26). The van der Waals surface area contributed by atoms with Crippen LogP contribution in [-0.2, 0) is 6.42 Å². The van der Waals surface area contributed by atoms with Crippen molar-refractivity contribution in [2.24, 2.45) is 0 Å². The molecule has 130 valence electrons. The van der Waals surface area contributed by atoms with Crippen molar-refractivity contribution in [1.29, 1.82) is 0 Å². The lowest BCUT2D eigenvalue weighted by molar-refractivity contribution is 0.614. The molecule has 0 aliphatic carbocycles. The van der Waals surface area contributed by atoms with Crippen LogP contribution in [0.15, 0.2) is 65.7 Å². The first-order valence-electron chi connectivity index (χ1n) is 8.86. The van der Waals surface area contributed by atoms with Gasteiger partial charge < -0.3 is 14.7 Å². The maximum Gasteiger partial charge on any atom is 0.181 e. The molecule has 0 bridgehead atoms. The third-order valence-electron chi connectivity index (χ3n) is 5.18. The van der Waals surface area contributed by atoms with Crippen LogP contribution in [0.2, 0.25) is 0 Å². The van der Waals surface area contributed by atoms with Gasteiger partial charge in [-0.15, -0.1) is 0 Å². The number of hydrogen-bond acceptors (Lipinski definition) is 5. The molecule has 2 aromatic carbocycles. The molecule has 0 amide bonds. The highest BCUT2D eigenvalue weighted by molar-refractivity contribution is 5.79. The van der Waals surface area contributed by atoms with Crippen LogP contribution in [0.5, 0.6) is 0 Å². The monoisotopic (exact) mass is 353 g/mol. The average Bonchev–Trinajstić information content (AvgIpc) is 3.42. The lowest BCUT2D eigenvalue weighted by atomic mass is 10.0. The van der Waals surface area contributed by atoms with Gasteiger partial charge in [0.2, 0.25) is 0 Å². The number of fused-ring (bicyclic) bond motifs is 3. The van der Waals surface area contributed by atoms with E-state index in [1.165, 1.54) is 17.5 Å². The quantitative estimate of drug-likeness (QED) is 0.489. The van der Waals surface area contributed by atoms with Crippen LogP contribution in [-0.4, -0.2) is 19.9 Å². The topological polar surface area (TPSA) is 79.6 Å². The zero-order valence-electron chi connectivity index (χ0n) is 14.3. The van der Waals surface area contributed by atoms with Crippen molar-refractivity contribution in [1.82, 2.24) is 19.9 Å². The number of aromatic nitrogens is 4. The molecule has 0 spiro atoms. The van der Waals surface area contributed by atoms with Gasteiger partial charge in [-0.1, -0.05) is 24.3 Å². The summed E-state index contributed by atoms with van der Waals surface area (Å²) in [5, 5.41) is 4.77. The first-order valence-corrected chi connectivity index (χ1v) is 8.86. The highest BCUT2D eigenvalue weighted by Crippen LogP contribution is 2.37. The third kappa shape index (κ3) is 2.30. The Morgan fingerprint density at radius 2 is 2.07 bits per heavy atom. The summed E-state index contributed by atoms with van der Waals surface area (Å²) >= 11 is 0. The minimum atomic E-state index is 0.242. The number of aromatic amines is 1. The predicted molar refractivity (Wildman–Crippen MR) is 103 cm³/mol. The molecule has 0 radical (unpaired) electrons. The van der Waals surface area contributed by atoms with E-state index < -0.39 is 0 Å². The van der Waals surface area contributed by atoms with Gasteiger partial charge in [0, 0.05) is 16.6 Å². The Labute approximate surface area is 154 Å². The molecule has 1 aliphatic heterocycles. The first kappa shape index (κ1) is 14.5. The molecule has 4 heterocycles. The number of anilines is 1. The fraction of sp³-hybridized carbons (Fsp3) is 0.0952. The van der Waals surface area contributed by atoms with Crippen molar-refractivity contribution in [2.75, 3.05) is 5.32 Å². The van der Waals surface area contributed by atoms with E-state index >= 15 is 0 Å². The molecule has 0 saturated carbocycles. The molecule has 1 atom stereocenters. The minimum Gasteiger partial charge on any atom is -0.464 e. The smallest absolute Gasteiger partial charge is 0.181 e. The van der Waals surface area contributed by atoms with E-state index in [9.17, 15) is 0 Å². The number of nitrogens with zero attached hydrogens (tertiary/aromatic N) is 3. The Balaban J connectivity index is 1.34. The Morgan fingerprint density at radius 1 is 1.07 bits per heavy atom. The van der Waals surface area contributed by atoms with Crippen LogP contribution in [0.3, 0.4) is 0 Å². The molecule has 0 fully saturated rings. The van der Waals surface area contributed by atoms with Crippen LogP contribution < -0.4 is 5.32 Å². The normalized spacial score (nSPS) is 15.9. The van der Waals surface area contributed by atoms with Crippen molar-refractivity contribution in [3.63, 3.8) is 0 Å². The molecule has 1 unspecified atom stereocenters. The summed E-state index contributed by atoms with van der Waals surface area (Å²) in [5.41, 5.74) is 7.15. The third-order valence-corrected chi connectivity index (χ3v) is 5.18. The second kappa shape index (κ2) is 5.41. The number of furan rings is 1. The highest BCUT2D eigenvalue weighted by Gasteiger charge is 2.23. The molecular weight excluding hydrogens is 338 g/mol. The summed E-state index contributed by atoms with van der Waals surface area (Å²) < 4.78 is 5.55. The highest BCUT2D eigenvalue weighted by atomic mass is 16.3.